The molecule has 0 spiro atoms. The second-order valence-corrected chi connectivity index (χ2v) is 1.32. The number of rotatable bonds is 3. The van der Waals surface area contributed by atoms with E-state index in [0.717, 1.165) is 0 Å². The molecule has 3 heteroatoms. The number of hydrogen-bond acceptors (Lipinski definition) is 2. The van der Waals surface area contributed by atoms with E-state index in [1.807, 2.05) is 0 Å². The highest BCUT2D eigenvalue weighted by Crippen LogP contribution is 1.73. The third-order valence-electron chi connectivity index (χ3n) is 0.661. The maximum absolute atomic E-state index is 10.3. The van der Waals surface area contributed by atoms with Crippen molar-refractivity contribution in [3.8, 4) is 0 Å². The van der Waals surface area contributed by atoms with Crippen molar-refractivity contribution in [3.63, 3.8) is 0 Å². The summed E-state index contributed by atoms with van der Waals surface area (Å²) in [5, 5.41) is 10.6. The fraction of sp³-hybridized carbons (Fsp3) is 0.600. The molecule has 47 valence electrons. The molecule has 0 bridgehead atoms. The van der Waals surface area contributed by atoms with Crippen LogP contribution in [0.1, 0.15) is 6.42 Å². The monoisotopic (exact) mass is 116 g/mol. The molecule has 0 rings (SSSR count). The Hall–Kier alpha value is -0.570. The van der Waals surface area contributed by atoms with Crippen LogP contribution >= 0.6 is 0 Å². The zero-order chi connectivity index (χ0) is 6.41. The van der Waals surface area contributed by atoms with Crippen LogP contribution in [0, 0.1) is 6.92 Å². The van der Waals surface area contributed by atoms with E-state index in [1.54, 1.807) is 0 Å². The zero-order valence-corrected chi connectivity index (χ0v) is 4.68. The second-order valence-electron chi connectivity index (χ2n) is 1.32. The van der Waals surface area contributed by atoms with Gasteiger partial charge in [-0.15, -0.1) is 0 Å². The van der Waals surface area contributed by atoms with Gasteiger partial charge >= 0.3 is 0 Å². The first-order valence-electron chi connectivity index (χ1n) is 2.48. The van der Waals surface area contributed by atoms with Crippen LogP contribution in [0.5, 0.6) is 0 Å². The van der Waals surface area contributed by atoms with Crippen LogP contribution in [-0.4, -0.2) is 24.2 Å². The van der Waals surface area contributed by atoms with Gasteiger partial charge in [-0.1, -0.05) is 0 Å². The van der Waals surface area contributed by atoms with E-state index in [1.165, 1.54) is 0 Å². The van der Waals surface area contributed by atoms with Gasteiger partial charge in [0.25, 0.3) is 0 Å². The van der Waals surface area contributed by atoms with E-state index >= 15 is 0 Å². The van der Waals surface area contributed by atoms with Crippen LogP contribution in [0.25, 0.3) is 0 Å². The molecule has 0 saturated heterocycles. The topological polar surface area (TPSA) is 49.3 Å². The Kier molecular flexibility index (Phi) is 4.26. The fourth-order valence-corrected chi connectivity index (χ4v) is 0.329. The molecule has 0 unspecified atom stereocenters. The summed E-state index contributed by atoms with van der Waals surface area (Å²) in [6.07, 6.45) is 0.176. The Morgan fingerprint density at radius 3 is 2.75 bits per heavy atom. The highest BCUT2D eigenvalue weighted by atomic mass is 16.3. The third kappa shape index (κ3) is 3.61. The summed E-state index contributed by atoms with van der Waals surface area (Å²) in [5.41, 5.74) is 0. The maximum atomic E-state index is 10.3. The Labute approximate surface area is 48.7 Å². The van der Waals surface area contributed by atoms with Crippen LogP contribution in [0.2, 0.25) is 0 Å². The normalized spacial score (nSPS) is 8.75. The van der Waals surface area contributed by atoms with Gasteiger partial charge in [-0.2, -0.15) is 0 Å². The fourth-order valence-electron chi connectivity index (χ4n) is 0.329. The van der Waals surface area contributed by atoms with Crippen molar-refractivity contribution in [1.29, 1.82) is 0 Å². The minimum Gasteiger partial charge on any atom is -0.396 e. The summed E-state index contributed by atoms with van der Waals surface area (Å²) in [7, 11) is 0. The van der Waals surface area contributed by atoms with Gasteiger partial charge in [0.05, 0.1) is 6.61 Å². The lowest BCUT2D eigenvalue weighted by Gasteiger charge is -1.96. The van der Waals surface area contributed by atoms with Crippen molar-refractivity contribution < 1.29 is 9.90 Å². The number of carbonyl (C=O) groups excluding carboxylic acids is 1. The van der Waals surface area contributed by atoms with E-state index in [9.17, 15) is 4.79 Å². The van der Waals surface area contributed by atoms with E-state index in [2.05, 4.69) is 12.2 Å². The van der Waals surface area contributed by atoms with Crippen molar-refractivity contribution in [2.24, 2.45) is 0 Å². The van der Waals surface area contributed by atoms with Gasteiger partial charge in [0, 0.05) is 13.0 Å². The quantitative estimate of drug-likeness (QED) is 0.513. The molecule has 1 amide bonds. The van der Waals surface area contributed by atoms with Gasteiger partial charge in [0.2, 0.25) is 5.91 Å². The molecule has 0 aliphatic carbocycles. The molecule has 0 aromatic rings. The number of carbonyl (C=O) groups is 1. The summed E-state index contributed by atoms with van der Waals surface area (Å²) >= 11 is 0. The first-order valence-corrected chi connectivity index (χ1v) is 2.48. The lowest BCUT2D eigenvalue weighted by atomic mass is 10.4. The lowest BCUT2D eigenvalue weighted by Crippen LogP contribution is -2.23. The first kappa shape index (κ1) is 7.43. The minimum atomic E-state index is -0.150. The van der Waals surface area contributed by atoms with Crippen LogP contribution < -0.4 is 5.32 Å². The summed E-state index contributed by atoms with van der Waals surface area (Å²) < 4.78 is 0. The average Bonchev–Trinajstić information content (AvgIpc) is 1.68. The van der Waals surface area contributed by atoms with Crippen molar-refractivity contribution in [1.82, 2.24) is 5.32 Å². The van der Waals surface area contributed by atoms with E-state index in [-0.39, 0.29) is 18.9 Å². The van der Waals surface area contributed by atoms with Gasteiger partial charge in [-0.25, -0.2) is 0 Å². The van der Waals surface area contributed by atoms with Gasteiger partial charge in [-0.05, 0) is 6.92 Å². The van der Waals surface area contributed by atoms with Gasteiger partial charge in [-0.3, -0.25) is 4.79 Å². The Morgan fingerprint density at radius 1 is 1.75 bits per heavy atom. The predicted molar refractivity (Wildman–Crippen MR) is 30.1 cm³/mol. The summed E-state index contributed by atoms with van der Waals surface area (Å²) in [5.74, 6) is -0.150. The summed E-state index contributed by atoms with van der Waals surface area (Å²) in [4.78, 5) is 10.3. The van der Waals surface area contributed by atoms with E-state index in [4.69, 9.17) is 5.11 Å². The highest BCUT2D eigenvalue weighted by molar-refractivity contribution is 5.75. The van der Waals surface area contributed by atoms with Crippen LogP contribution in [-0.2, 0) is 4.79 Å². The minimum absolute atomic E-state index is 0.0914. The maximum Gasteiger partial charge on any atom is 0.222 e. The molecule has 0 aromatic heterocycles. The third-order valence-corrected chi connectivity index (χ3v) is 0.661. The molecule has 2 N–H and O–H groups in total. The molecular weight excluding hydrogens is 106 g/mol. The SMILES string of the molecule is [CH2]CNC(=O)CCO. The van der Waals surface area contributed by atoms with Crippen molar-refractivity contribution in [3.05, 3.63) is 6.92 Å². The predicted octanol–water partition coefficient (Wildman–Crippen LogP) is -0.681. The smallest absolute Gasteiger partial charge is 0.222 e. The van der Waals surface area contributed by atoms with Gasteiger partial charge in [0.15, 0.2) is 0 Å². The molecule has 0 fully saturated rings. The van der Waals surface area contributed by atoms with Gasteiger partial charge in [0.1, 0.15) is 0 Å². The van der Waals surface area contributed by atoms with Crippen molar-refractivity contribution in [2.75, 3.05) is 13.2 Å². The van der Waals surface area contributed by atoms with Crippen LogP contribution in [0.15, 0.2) is 0 Å². The summed E-state index contributed by atoms with van der Waals surface area (Å²) in [6.45, 7) is 3.69. The molecule has 0 atom stereocenters. The molecule has 0 aromatic carbocycles. The largest absolute Gasteiger partial charge is 0.396 e. The zero-order valence-electron chi connectivity index (χ0n) is 4.68. The standard InChI is InChI=1S/C5H10NO2/c1-2-6-5(8)3-4-7/h7H,1-4H2,(H,6,8). The molecule has 0 saturated carbocycles. The van der Waals surface area contributed by atoms with Crippen LogP contribution in [0.4, 0.5) is 0 Å². The molecule has 1 radical (unpaired) electrons. The number of aliphatic hydroxyl groups excluding tert-OH is 1. The molecule has 0 heterocycles. The Morgan fingerprint density at radius 2 is 2.38 bits per heavy atom. The number of amides is 1. The second kappa shape index (κ2) is 4.59. The number of hydrogen-bond donors (Lipinski definition) is 2. The molecular formula is C5H10NO2. The highest BCUT2D eigenvalue weighted by Gasteiger charge is 1.93. The number of aliphatic hydroxyl groups is 1. The van der Waals surface area contributed by atoms with Crippen molar-refractivity contribution in [2.45, 2.75) is 6.42 Å². The van der Waals surface area contributed by atoms with Crippen LogP contribution in [0.3, 0.4) is 0 Å². The first-order chi connectivity index (χ1) is 3.81. The van der Waals surface area contributed by atoms with E-state index < -0.39 is 0 Å². The molecule has 0 aliphatic heterocycles. The Bertz CT molecular complexity index is 64.8. The van der Waals surface area contributed by atoms with E-state index in [0.29, 0.717) is 6.54 Å². The Balaban J connectivity index is 3.06. The molecule has 8 heavy (non-hydrogen) atoms. The summed E-state index contributed by atoms with van der Waals surface area (Å²) in [6, 6.07) is 0. The van der Waals surface area contributed by atoms with Gasteiger partial charge < -0.3 is 10.4 Å². The average molecular weight is 116 g/mol. The van der Waals surface area contributed by atoms with Crippen molar-refractivity contribution >= 4 is 5.91 Å². The lowest BCUT2D eigenvalue weighted by molar-refractivity contribution is -0.121. The molecule has 3 nitrogen and oxygen atoms in total. The molecule has 0 aliphatic rings. The number of nitrogens with one attached hydrogen (secondary N) is 1.